The first-order valence-electron chi connectivity index (χ1n) is 7.37. The molecule has 1 heterocycles. The van der Waals surface area contributed by atoms with Gasteiger partial charge in [0.15, 0.2) is 5.13 Å². The number of aryl methyl sites for hydroxylation is 1. The number of para-hydroxylation sites is 1. The zero-order valence-electron chi connectivity index (χ0n) is 12.6. The van der Waals surface area contributed by atoms with Crippen LogP contribution in [0.25, 0.3) is 0 Å². The van der Waals surface area contributed by atoms with Crippen molar-refractivity contribution in [3.63, 3.8) is 0 Å². The number of halogens is 1. The maximum atomic E-state index is 12.3. The number of benzene rings is 1. The van der Waals surface area contributed by atoms with Gasteiger partial charge in [0.1, 0.15) is 5.69 Å². The van der Waals surface area contributed by atoms with E-state index < -0.39 is 0 Å². The van der Waals surface area contributed by atoms with Crippen molar-refractivity contribution in [2.24, 2.45) is 5.92 Å². The van der Waals surface area contributed by atoms with Crippen LogP contribution < -0.4 is 10.6 Å². The van der Waals surface area contributed by atoms with E-state index in [1.807, 2.05) is 19.1 Å². The smallest absolute Gasteiger partial charge is 0.275 e. The van der Waals surface area contributed by atoms with E-state index in [-0.39, 0.29) is 23.4 Å². The van der Waals surface area contributed by atoms with Crippen LogP contribution in [0, 0.1) is 12.8 Å². The van der Waals surface area contributed by atoms with E-state index in [9.17, 15) is 9.59 Å². The molecule has 0 spiro atoms. The van der Waals surface area contributed by atoms with Crippen molar-refractivity contribution >= 4 is 45.6 Å². The molecule has 2 aromatic rings. The monoisotopic (exact) mass is 349 g/mol. The van der Waals surface area contributed by atoms with Crippen LogP contribution in [0.3, 0.4) is 0 Å². The summed E-state index contributed by atoms with van der Waals surface area (Å²) in [6, 6.07) is 5.41. The molecular formula is C16H16ClN3O2S. The third-order valence-electron chi connectivity index (χ3n) is 3.90. The van der Waals surface area contributed by atoms with Crippen molar-refractivity contribution in [3.8, 4) is 0 Å². The van der Waals surface area contributed by atoms with Crippen molar-refractivity contribution in [1.82, 2.24) is 4.98 Å². The molecule has 3 rings (SSSR count). The minimum absolute atomic E-state index is 0.0143. The van der Waals surface area contributed by atoms with Crippen molar-refractivity contribution in [1.29, 1.82) is 0 Å². The second-order valence-corrected chi connectivity index (χ2v) is 6.81. The number of carbonyl (C=O) groups excluding carboxylic acids is 2. The molecule has 7 heteroatoms. The summed E-state index contributed by atoms with van der Waals surface area (Å²) in [7, 11) is 0. The van der Waals surface area contributed by atoms with Crippen LogP contribution in [-0.2, 0) is 4.79 Å². The van der Waals surface area contributed by atoms with E-state index >= 15 is 0 Å². The number of aromatic nitrogens is 1. The first-order chi connectivity index (χ1) is 11.0. The van der Waals surface area contributed by atoms with E-state index in [2.05, 4.69) is 15.6 Å². The fraction of sp³-hybridized carbons (Fsp3) is 0.312. The molecule has 0 aliphatic heterocycles. The van der Waals surface area contributed by atoms with Crippen molar-refractivity contribution in [2.45, 2.75) is 26.2 Å². The number of thiazole rings is 1. The molecule has 120 valence electrons. The number of rotatable bonds is 4. The Labute approximate surface area is 143 Å². The number of amides is 2. The Bertz CT molecular complexity index is 735. The summed E-state index contributed by atoms with van der Waals surface area (Å²) in [6.07, 6.45) is 2.95. The van der Waals surface area contributed by atoms with Gasteiger partial charge < -0.3 is 10.6 Å². The molecule has 2 N–H and O–H groups in total. The number of hydrogen-bond donors (Lipinski definition) is 2. The van der Waals surface area contributed by atoms with Crippen LogP contribution >= 0.6 is 22.9 Å². The summed E-state index contributed by atoms with van der Waals surface area (Å²) in [6.45, 7) is 1.87. The lowest BCUT2D eigenvalue weighted by molar-refractivity contribution is -0.122. The third kappa shape index (κ3) is 3.54. The minimum Gasteiger partial charge on any atom is -0.319 e. The second kappa shape index (κ2) is 6.68. The Kier molecular flexibility index (Phi) is 4.63. The van der Waals surface area contributed by atoms with Crippen LogP contribution in [0.2, 0.25) is 5.02 Å². The minimum atomic E-state index is -0.346. The van der Waals surface area contributed by atoms with E-state index in [0.29, 0.717) is 15.8 Å². The quantitative estimate of drug-likeness (QED) is 0.873. The predicted octanol–water partition coefficient (Wildman–Crippen LogP) is 4.10. The maximum Gasteiger partial charge on any atom is 0.275 e. The summed E-state index contributed by atoms with van der Waals surface area (Å²) >= 11 is 7.34. The molecule has 1 saturated carbocycles. The third-order valence-corrected chi connectivity index (χ3v) is 4.98. The van der Waals surface area contributed by atoms with Crippen molar-refractivity contribution in [3.05, 3.63) is 39.9 Å². The average molecular weight is 350 g/mol. The Morgan fingerprint density at radius 2 is 2.09 bits per heavy atom. The maximum absolute atomic E-state index is 12.3. The zero-order chi connectivity index (χ0) is 16.4. The van der Waals surface area contributed by atoms with Gasteiger partial charge in [-0.2, -0.15) is 0 Å². The zero-order valence-corrected chi connectivity index (χ0v) is 14.1. The molecule has 23 heavy (non-hydrogen) atoms. The summed E-state index contributed by atoms with van der Waals surface area (Å²) < 4.78 is 0. The van der Waals surface area contributed by atoms with E-state index in [1.165, 1.54) is 11.3 Å². The lowest BCUT2D eigenvalue weighted by atomic mass is 9.85. The van der Waals surface area contributed by atoms with E-state index in [0.717, 1.165) is 24.8 Å². The van der Waals surface area contributed by atoms with Gasteiger partial charge >= 0.3 is 0 Å². The van der Waals surface area contributed by atoms with Crippen LogP contribution in [0.4, 0.5) is 10.8 Å². The Hall–Kier alpha value is -1.92. The highest BCUT2D eigenvalue weighted by atomic mass is 35.5. The molecule has 0 radical (unpaired) electrons. The Morgan fingerprint density at radius 1 is 1.30 bits per heavy atom. The molecule has 0 atom stereocenters. The highest BCUT2D eigenvalue weighted by Gasteiger charge is 2.26. The average Bonchev–Trinajstić information content (AvgIpc) is 2.89. The lowest BCUT2D eigenvalue weighted by Gasteiger charge is -2.23. The van der Waals surface area contributed by atoms with Crippen molar-refractivity contribution in [2.75, 3.05) is 10.6 Å². The first kappa shape index (κ1) is 16.0. The number of anilines is 2. The van der Waals surface area contributed by atoms with Crippen LogP contribution in [0.1, 0.15) is 35.3 Å². The van der Waals surface area contributed by atoms with Gasteiger partial charge in [-0.3, -0.25) is 9.59 Å². The van der Waals surface area contributed by atoms with Gasteiger partial charge in [-0.15, -0.1) is 11.3 Å². The SMILES string of the molecule is Cc1cccc(Cl)c1NC(=O)c1csc(NC(=O)C2CCC2)n1. The topological polar surface area (TPSA) is 71.1 Å². The highest BCUT2D eigenvalue weighted by molar-refractivity contribution is 7.14. The van der Waals surface area contributed by atoms with Gasteiger partial charge in [0, 0.05) is 11.3 Å². The normalized spacial score (nSPS) is 14.2. The Morgan fingerprint density at radius 3 is 2.74 bits per heavy atom. The standard InChI is InChI=1S/C16H16ClN3O2S/c1-9-4-2-7-11(17)13(9)19-15(22)12-8-23-16(18-12)20-14(21)10-5-3-6-10/h2,4,7-8,10H,3,5-6H2,1H3,(H,19,22)(H,18,20,21). The van der Waals surface area contributed by atoms with Gasteiger partial charge in [-0.1, -0.05) is 30.2 Å². The molecule has 0 unspecified atom stereocenters. The number of carbonyl (C=O) groups is 2. The molecule has 1 aliphatic carbocycles. The van der Waals surface area contributed by atoms with Gasteiger partial charge in [0.2, 0.25) is 5.91 Å². The van der Waals surface area contributed by atoms with Gasteiger partial charge in [-0.25, -0.2) is 4.98 Å². The van der Waals surface area contributed by atoms with Gasteiger partial charge in [0.25, 0.3) is 5.91 Å². The summed E-state index contributed by atoms with van der Waals surface area (Å²) in [5, 5.41) is 8.08. The van der Waals surface area contributed by atoms with E-state index in [1.54, 1.807) is 11.4 Å². The van der Waals surface area contributed by atoms with Crippen molar-refractivity contribution < 1.29 is 9.59 Å². The number of hydrogen-bond acceptors (Lipinski definition) is 4. The second-order valence-electron chi connectivity index (χ2n) is 5.54. The molecule has 5 nitrogen and oxygen atoms in total. The molecule has 1 aromatic carbocycles. The van der Waals surface area contributed by atoms with Gasteiger partial charge in [0.05, 0.1) is 10.7 Å². The molecular weight excluding hydrogens is 334 g/mol. The van der Waals surface area contributed by atoms with Crippen LogP contribution in [0.15, 0.2) is 23.6 Å². The fourth-order valence-electron chi connectivity index (χ4n) is 2.28. The summed E-state index contributed by atoms with van der Waals surface area (Å²) in [5.41, 5.74) is 1.71. The highest BCUT2D eigenvalue weighted by Crippen LogP contribution is 2.29. The number of nitrogens with zero attached hydrogens (tertiary/aromatic N) is 1. The van der Waals surface area contributed by atoms with E-state index in [4.69, 9.17) is 11.6 Å². The molecule has 2 amide bonds. The van der Waals surface area contributed by atoms with Crippen LogP contribution in [0.5, 0.6) is 0 Å². The summed E-state index contributed by atoms with van der Waals surface area (Å²) in [4.78, 5) is 28.4. The lowest BCUT2D eigenvalue weighted by Crippen LogP contribution is -2.28. The summed E-state index contributed by atoms with van der Waals surface area (Å²) in [5.74, 6) is -0.275. The first-order valence-corrected chi connectivity index (χ1v) is 8.63. The van der Waals surface area contributed by atoms with Crippen LogP contribution in [-0.4, -0.2) is 16.8 Å². The molecule has 0 bridgehead atoms. The fourth-order valence-corrected chi connectivity index (χ4v) is 3.24. The molecule has 1 fully saturated rings. The Balaban J connectivity index is 1.67. The molecule has 1 aromatic heterocycles. The predicted molar refractivity (Wildman–Crippen MR) is 92.2 cm³/mol. The molecule has 0 saturated heterocycles. The number of nitrogens with one attached hydrogen (secondary N) is 2. The van der Waals surface area contributed by atoms with Gasteiger partial charge in [-0.05, 0) is 31.4 Å². The molecule has 1 aliphatic rings. The largest absolute Gasteiger partial charge is 0.319 e.